The van der Waals surface area contributed by atoms with Crippen molar-refractivity contribution in [2.45, 2.75) is 6.92 Å². The van der Waals surface area contributed by atoms with Crippen molar-refractivity contribution < 1.29 is 9.59 Å². The Morgan fingerprint density at radius 3 is 2.58 bits per heavy atom. The van der Waals surface area contributed by atoms with E-state index in [0.29, 0.717) is 43.1 Å². The summed E-state index contributed by atoms with van der Waals surface area (Å²) in [7, 11) is 0. The number of aromatic nitrogens is 3. The number of benzene rings is 1. The Balaban J connectivity index is 1.51. The second-order valence-corrected chi connectivity index (χ2v) is 6.35. The molecular weight excluding hydrogens is 330 g/mol. The first-order chi connectivity index (χ1) is 12.6. The van der Waals surface area contributed by atoms with Crippen molar-refractivity contribution in [1.82, 2.24) is 20.1 Å². The van der Waals surface area contributed by atoms with Gasteiger partial charge in [0.1, 0.15) is 5.82 Å². The van der Waals surface area contributed by atoms with Crippen LogP contribution in [0.4, 0.5) is 5.82 Å². The van der Waals surface area contributed by atoms with E-state index < -0.39 is 0 Å². The number of nitrogens with one attached hydrogen (secondary N) is 1. The van der Waals surface area contributed by atoms with Crippen LogP contribution in [0.15, 0.2) is 42.7 Å². The van der Waals surface area contributed by atoms with Gasteiger partial charge in [-0.3, -0.25) is 14.7 Å². The molecule has 132 valence electrons. The zero-order valence-corrected chi connectivity index (χ0v) is 14.5. The number of piperazine rings is 1. The molecular formula is C19H19N5O2. The van der Waals surface area contributed by atoms with Gasteiger partial charge in [-0.25, -0.2) is 4.98 Å². The summed E-state index contributed by atoms with van der Waals surface area (Å²) in [5.41, 5.74) is 2.14. The van der Waals surface area contributed by atoms with Crippen molar-refractivity contribution in [1.29, 1.82) is 0 Å². The maximum atomic E-state index is 12.9. The molecule has 1 saturated heterocycles. The highest BCUT2D eigenvalue weighted by atomic mass is 16.2. The molecule has 0 aliphatic carbocycles. The number of nitrogens with zero attached hydrogens (tertiary/aromatic N) is 4. The van der Waals surface area contributed by atoms with E-state index >= 15 is 0 Å². The number of anilines is 1. The lowest BCUT2D eigenvalue weighted by Crippen LogP contribution is -2.49. The molecule has 3 heterocycles. The molecule has 26 heavy (non-hydrogen) atoms. The Morgan fingerprint density at radius 1 is 1.04 bits per heavy atom. The van der Waals surface area contributed by atoms with Gasteiger partial charge in [0.05, 0.1) is 22.8 Å². The smallest absolute Gasteiger partial charge is 0.254 e. The summed E-state index contributed by atoms with van der Waals surface area (Å²) in [5, 5.41) is 7.75. The maximum absolute atomic E-state index is 12.9. The van der Waals surface area contributed by atoms with E-state index in [1.165, 1.54) is 0 Å². The third kappa shape index (κ3) is 2.81. The Morgan fingerprint density at radius 2 is 1.81 bits per heavy atom. The molecule has 1 aromatic carbocycles. The quantitative estimate of drug-likeness (QED) is 0.733. The largest absolute Gasteiger partial charge is 0.352 e. The third-order valence-electron chi connectivity index (χ3n) is 4.75. The topological polar surface area (TPSA) is 82.2 Å². The molecule has 7 nitrogen and oxygen atoms in total. The summed E-state index contributed by atoms with van der Waals surface area (Å²) in [6.07, 6.45) is 3.38. The Labute approximate surface area is 150 Å². The van der Waals surface area contributed by atoms with Gasteiger partial charge in [-0.1, -0.05) is 6.07 Å². The first-order valence-corrected chi connectivity index (χ1v) is 8.57. The van der Waals surface area contributed by atoms with E-state index in [9.17, 15) is 9.59 Å². The number of amides is 1. The van der Waals surface area contributed by atoms with Gasteiger partial charge >= 0.3 is 0 Å². The molecule has 1 aliphatic heterocycles. The summed E-state index contributed by atoms with van der Waals surface area (Å²) in [6, 6.07) is 9.16. The van der Waals surface area contributed by atoms with Gasteiger partial charge in [-0.15, -0.1) is 0 Å². The molecule has 4 rings (SSSR count). The summed E-state index contributed by atoms with van der Waals surface area (Å²) < 4.78 is 0. The van der Waals surface area contributed by atoms with Crippen LogP contribution in [-0.4, -0.2) is 58.0 Å². The molecule has 7 heteroatoms. The minimum Gasteiger partial charge on any atom is -0.352 e. The summed E-state index contributed by atoms with van der Waals surface area (Å²) in [6.45, 7) is 4.00. The van der Waals surface area contributed by atoms with Gasteiger partial charge < -0.3 is 9.80 Å². The number of aromatic amines is 1. The van der Waals surface area contributed by atoms with E-state index in [1.807, 2.05) is 23.1 Å². The van der Waals surface area contributed by atoms with Gasteiger partial charge in [0, 0.05) is 37.8 Å². The van der Waals surface area contributed by atoms with Crippen LogP contribution >= 0.6 is 0 Å². The fourth-order valence-corrected chi connectivity index (χ4v) is 3.37. The Kier molecular flexibility index (Phi) is 4.12. The molecule has 0 unspecified atom stereocenters. The summed E-state index contributed by atoms with van der Waals surface area (Å²) >= 11 is 0. The number of hydrogen-bond acceptors (Lipinski definition) is 5. The monoisotopic (exact) mass is 349 g/mol. The van der Waals surface area contributed by atoms with E-state index in [0.717, 1.165) is 10.9 Å². The van der Waals surface area contributed by atoms with Crippen LogP contribution in [0.25, 0.3) is 10.9 Å². The van der Waals surface area contributed by atoms with Crippen LogP contribution in [0.1, 0.15) is 27.6 Å². The number of fused-ring (bicyclic) bond motifs is 1. The zero-order valence-electron chi connectivity index (χ0n) is 14.5. The van der Waals surface area contributed by atoms with Gasteiger partial charge in [0.15, 0.2) is 5.78 Å². The second-order valence-electron chi connectivity index (χ2n) is 6.35. The molecule has 0 atom stereocenters. The molecule has 1 N–H and O–H groups in total. The fourth-order valence-electron chi connectivity index (χ4n) is 3.37. The zero-order chi connectivity index (χ0) is 18.1. The molecule has 0 radical (unpaired) electrons. The van der Waals surface area contributed by atoms with Crippen molar-refractivity contribution >= 4 is 28.4 Å². The molecule has 1 aliphatic rings. The highest BCUT2D eigenvalue weighted by Crippen LogP contribution is 2.22. The summed E-state index contributed by atoms with van der Waals surface area (Å²) in [5.74, 6) is 0.701. The van der Waals surface area contributed by atoms with E-state index in [2.05, 4.69) is 20.1 Å². The van der Waals surface area contributed by atoms with Crippen LogP contribution < -0.4 is 4.90 Å². The average molecular weight is 349 g/mol. The Hall–Kier alpha value is -3.22. The molecule has 0 bridgehead atoms. The van der Waals surface area contributed by atoms with E-state index in [1.54, 1.807) is 31.5 Å². The number of carbonyl (C=O) groups excluding carboxylic acids is 2. The molecule has 1 fully saturated rings. The van der Waals surface area contributed by atoms with E-state index in [4.69, 9.17) is 0 Å². The first kappa shape index (κ1) is 16.3. The molecule has 0 spiro atoms. The third-order valence-corrected chi connectivity index (χ3v) is 4.75. The fraction of sp³-hybridized carbons (Fsp3) is 0.263. The lowest BCUT2D eigenvalue weighted by molar-refractivity contribution is 0.0748. The van der Waals surface area contributed by atoms with Crippen molar-refractivity contribution in [2.75, 3.05) is 31.1 Å². The van der Waals surface area contributed by atoms with E-state index in [-0.39, 0.29) is 11.7 Å². The molecule has 3 aromatic rings. The van der Waals surface area contributed by atoms with Crippen LogP contribution in [0.3, 0.4) is 0 Å². The lowest BCUT2D eigenvalue weighted by Gasteiger charge is -2.36. The molecule has 1 amide bonds. The number of pyridine rings is 1. The van der Waals surface area contributed by atoms with Crippen molar-refractivity contribution in [3.63, 3.8) is 0 Å². The SMILES string of the molecule is CC(=O)c1cccnc1N1CCN(C(=O)c2cccc3[nH]ncc23)CC1. The van der Waals surface area contributed by atoms with Crippen molar-refractivity contribution in [3.8, 4) is 0 Å². The van der Waals surface area contributed by atoms with Crippen LogP contribution in [0.2, 0.25) is 0 Å². The summed E-state index contributed by atoms with van der Waals surface area (Å²) in [4.78, 5) is 33.0. The minimum atomic E-state index is -0.00163. The van der Waals surface area contributed by atoms with Crippen LogP contribution in [0, 0.1) is 0 Å². The van der Waals surface area contributed by atoms with Gasteiger partial charge in [-0.2, -0.15) is 5.10 Å². The molecule has 2 aromatic heterocycles. The Bertz CT molecular complexity index is 973. The highest BCUT2D eigenvalue weighted by molar-refractivity contribution is 6.06. The van der Waals surface area contributed by atoms with Gasteiger partial charge in [0.2, 0.25) is 0 Å². The normalized spacial score (nSPS) is 14.7. The minimum absolute atomic E-state index is 0.00163. The molecule has 0 saturated carbocycles. The number of hydrogen-bond donors (Lipinski definition) is 1. The predicted octanol–water partition coefficient (Wildman–Crippen LogP) is 2.12. The second kappa shape index (κ2) is 6.59. The van der Waals surface area contributed by atoms with Gasteiger partial charge in [-0.05, 0) is 31.2 Å². The first-order valence-electron chi connectivity index (χ1n) is 8.57. The highest BCUT2D eigenvalue weighted by Gasteiger charge is 2.25. The van der Waals surface area contributed by atoms with Gasteiger partial charge in [0.25, 0.3) is 5.91 Å². The van der Waals surface area contributed by atoms with Crippen molar-refractivity contribution in [3.05, 3.63) is 53.9 Å². The predicted molar refractivity (Wildman–Crippen MR) is 98.5 cm³/mol. The number of carbonyl (C=O) groups is 2. The van der Waals surface area contributed by atoms with Crippen LogP contribution in [0.5, 0.6) is 0 Å². The number of H-pyrrole nitrogens is 1. The average Bonchev–Trinajstić information content (AvgIpc) is 3.16. The number of Topliss-reactive ketones (excluding diaryl/α,β-unsaturated/α-hetero) is 1. The lowest BCUT2D eigenvalue weighted by atomic mass is 10.1. The van der Waals surface area contributed by atoms with Crippen LogP contribution in [-0.2, 0) is 0 Å². The maximum Gasteiger partial charge on any atom is 0.254 e. The number of rotatable bonds is 3. The standard InChI is InChI=1S/C19H19N5O2/c1-13(25)14-5-3-7-20-18(14)23-8-10-24(11-9-23)19(26)15-4-2-6-17-16(15)12-21-22-17/h2-7,12H,8-11H2,1H3,(H,21,22). The van der Waals surface area contributed by atoms with Crippen molar-refractivity contribution in [2.24, 2.45) is 0 Å². The number of ketones is 1.